The van der Waals surface area contributed by atoms with Gasteiger partial charge in [-0.15, -0.1) is 11.3 Å². The summed E-state index contributed by atoms with van der Waals surface area (Å²) in [5.74, 6) is -0.627. The van der Waals surface area contributed by atoms with E-state index in [0.717, 1.165) is 10.4 Å². The van der Waals surface area contributed by atoms with Gasteiger partial charge in [0.15, 0.2) is 0 Å². The van der Waals surface area contributed by atoms with Crippen molar-refractivity contribution >= 4 is 33.9 Å². The summed E-state index contributed by atoms with van der Waals surface area (Å²) in [4.78, 5) is 27.5. The van der Waals surface area contributed by atoms with Gasteiger partial charge in [-0.3, -0.25) is 10.1 Å². The van der Waals surface area contributed by atoms with Gasteiger partial charge in [0.25, 0.3) is 5.69 Å². The zero-order valence-corrected chi connectivity index (χ0v) is 12.3. The van der Waals surface area contributed by atoms with Crippen LogP contribution in [0.3, 0.4) is 0 Å². The minimum atomic E-state index is -0.627. The Morgan fingerprint density at radius 2 is 2.14 bits per heavy atom. The first-order valence-electron chi connectivity index (χ1n) is 6.32. The van der Waals surface area contributed by atoms with E-state index in [-0.39, 0.29) is 16.9 Å². The summed E-state index contributed by atoms with van der Waals surface area (Å²) in [6.45, 7) is 0. The summed E-state index contributed by atoms with van der Waals surface area (Å²) >= 11 is 1.48. The second-order valence-corrected chi connectivity index (χ2v) is 5.40. The monoisotopic (exact) mass is 314 g/mol. The lowest BCUT2D eigenvalue weighted by atomic mass is 10.0. The molecule has 2 heterocycles. The van der Waals surface area contributed by atoms with Gasteiger partial charge in [0.2, 0.25) is 0 Å². The van der Waals surface area contributed by atoms with Gasteiger partial charge in [-0.25, -0.2) is 9.78 Å². The normalized spacial score (nSPS) is 10.6. The van der Waals surface area contributed by atoms with Crippen LogP contribution in [0.25, 0.3) is 21.3 Å². The summed E-state index contributed by atoms with van der Waals surface area (Å²) in [6, 6.07) is 10.1. The maximum Gasteiger partial charge on any atom is 0.356 e. The number of hydrogen-bond acceptors (Lipinski definition) is 6. The molecule has 22 heavy (non-hydrogen) atoms. The predicted octanol–water partition coefficient (Wildman–Crippen LogP) is 3.66. The number of carbonyl (C=O) groups excluding carboxylic acids is 1. The highest BCUT2D eigenvalue weighted by Gasteiger charge is 2.20. The van der Waals surface area contributed by atoms with Crippen molar-refractivity contribution < 1.29 is 14.5 Å². The van der Waals surface area contributed by atoms with Crippen molar-refractivity contribution in [1.82, 2.24) is 4.98 Å². The van der Waals surface area contributed by atoms with E-state index in [9.17, 15) is 14.9 Å². The largest absolute Gasteiger partial charge is 0.464 e. The molecule has 0 spiro atoms. The minimum Gasteiger partial charge on any atom is -0.464 e. The van der Waals surface area contributed by atoms with Gasteiger partial charge in [0.1, 0.15) is 11.2 Å². The van der Waals surface area contributed by atoms with Crippen molar-refractivity contribution in [2.45, 2.75) is 0 Å². The zero-order valence-electron chi connectivity index (χ0n) is 11.5. The predicted molar refractivity (Wildman–Crippen MR) is 83.0 cm³/mol. The van der Waals surface area contributed by atoms with Gasteiger partial charge in [-0.05, 0) is 17.5 Å². The molecule has 3 rings (SSSR count). The Labute approximate surface area is 129 Å². The molecule has 0 fully saturated rings. The Bertz CT molecular complexity index is 875. The van der Waals surface area contributed by atoms with Crippen LogP contribution in [-0.2, 0) is 4.74 Å². The number of para-hydroxylation sites is 1. The van der Waals surface area contributed by atoms with Gasteiger partial charge >= 0.3 is 5.97 Å². The number of benzene rings is 1. The Morgan fingerprint density at radius 3 is 2.77 bits per heavy atom. The number of methoxy groups -OCH3 is 1. The zero-order chi connectivity index (χ0) is 15.7. The molecule has 0 atom stereocenters. The van der Waals surface area contributed by atoms with Crippen LogP contribution >= 0.6 is 11.3 Å². The second kappa shape index (κ2) is 5.53. The highest BCUT2D eigenvalue weighted by Crippen LogP contribution is 2.35. The molecule has 110 valence electrons. The first-order chi connectivity index (χ1) is 10.6. The van der Waals surface area contributed by atoms with Gasteiger partial charge in [-0.2, -0.15) is 0 Å². The van der Waals surface area contributed by atoms with E-state index in [1.807, 2.05) is 17.5 Å². The average Bonchev–Trinajstić information content (AvgIpc) is 3.06. The maximum absolute atomic E-state index is 11.8. The summed E-state index contributed by atoms with van der Waals surface area (Å²) in [5, 5.41) is 13.7. The van der Waals surface area contributed by atoms with Crippen molar-refractivity contribution in [3.8, 4) is 10.4 Å². The Kier molecular flexibility index (Phi) is 3.56. The number of nitrogens with zero attached hydrogens (tertiary/aromatic N) is 2. The minimum absolute atomic E-state index is 0.0488. The number of thiophene rings is 1. The quantitative estimate of drug-likeness (QED) is 0.418. The van der Waals surface area contributed by atoms with Crippen LogP contribution < -0.4 is 0 Å². The van der Waals surface area contributed by atoms with Crippen molar-refractivity contribution in [3.63, 3.8) is 0 Å². The third-order valence-electron chi connectivity index (χ3n) is 3.20. The molecule has 0 amide bonds. The molecule has 2 aromatic heterocycles. The third-order valence-corrected chi connectivity index (χ3v) is 4.10. The molecule has 0 saturated carbocycles. The van der Waals surface area contributed by atoms with Crippen molar-refractivity contribution in [1.29, 1.82) is 0 Å². The van der Waals surface area contributed by atoms with E-state index in [2.05, 4.69) is 9.72 Å². The van der Waals surface area contributed by atoms with Crippen LogP contribution in [-0.4, -0.2) is 23.0 Å². The fourth-order valence-electron chi connectivity index (χ4n) is 2.23. The summed E-state index contributed by atoms with van der Waals surface area (Å²) in [7, 11) is 1.25. The number of hydrogen-bond donors (Lipinski definition) is 0. The highest BCUT2D eigenvalue weighted by molar-refractivity contribution is 7.13. The van der Waals surface area contributed by atoms with Gasteiger partial charge in [-0.1, -0.05) is 18.2 Å². The van der Waals surface area contributed by atoms with E-state index in [0.29, 0.717) is 5.39 Å². The standard InChI is InChI=1S/C15H10N2O4S/c1-21-15(18)11-8-10(13-6-3-7-22-13)9-4-2-5-12(17(19)20)14(9)16-11/h2-8H,1H3. The molecule has 0 aliphatic rings. The average molecular weight is 314 g/mol. The Morgan fingerprint density at radius 1 is 1.32 bits per heavy atom. The van der Waals surface area contributed by atoms with Gasteiger partial charge in [0.05, 0.1) is 12.0 Å². The topological polar surface area (TPSA) is 82.3 Å². The van der Waals surface area contributed by atoms with Crippen molar-refractivity contribution in [2.24, 2.45) is 0 Å². The van der Waals surface area contributed by atoms with Crippen LogP contribution in [0.5, 0.6) is 0 Å². The molecule has 0 unspecified atom stereocenters. The molecule has 0 N–H and O–H groups in total. The van der Waals surface area contributed by atoms with Crippen LogP contribution in [0.4, 0.5) is 5.69 Å². The second-order valence-electron chi connectivity index (χ2n) is 4.45. The smallest absolute Gasteiger partial charge is 0.356 e. The number of pyridine rings is 1. The molecule has 3 aromatic rings. The number of esters is 1. The van der Waals surface area contributed by atoms with Crippen LogP contribution in [0.2, 0.25) is 0 Å². The molecular formula is C15H10N2O4S. The number of nitro groups is 1. The van der Waals surface area contributed by atoms with E-state index < -0.39 is 10.9 Å². The highest BCUT2D eigenvalue weighted by atomic mass is 32.1. The molecule has 0 aliphatic heterocycles. The number of ether oxygens (including phenoxy) is 1. The lowest BCUT2D eigenvalue weighted by Crippen LogP contribution is -2.05. The first kappa shape index (κ1) is 14.2. The number of carbonyl (C=O) groups is 1. The summed E-state index contributed by atoms with van der Waals surface area (Å²) < 4.78 is 4.69. The lowest BCUT2D eigenvalue weighted by Gasteiger charge is -2.07. The molecule has 0 aliphatic carbocycles. The lowest BCUT2D eigenvalue weighted by molar-refractivity contribution is -0.383. The molecular weight excluding hydrogens is 304 g/mol. The molecule has 0 bridgehead atoms. The molecule has 6 nitrogen and oxygen atoms in total. The SMILES string of the molecule is COC(=O)c1cc(-c2cccs2)c2cccc([N+](=O)[O-])c2n1. The molecule has 1 aromatic carbocycles. The fraction of sp³-hybridized carbons (Fsp3) is 0.0667. The summed E-state index contributed by atoms with van der Waals surface area (Å²) in [6.07, 6.45) is 0. The van der Waals surface area contributed by atoms with E-state index in [1.54, 1.807) is 18.2 Å². The molecule has 0 radical (unpaired) electrons. The van der Waals surface area contributed by atoms with Crippen LogP contribution in [0.15, 0.2) is 41.8 Å². The number of nitro benzene ring substituents is 1. The van der Waals surface area contributed by atoms with Gasteiger partial charge < -0.3 is 4.74 Å². The van der Waals surface area contributed by atoms with Crippen LogP contribution in [0.1, 0.15) is 10.5 Å². The van der Waals surface area contributed by atoms with E-state index in [1.165, 1.54) is 24.5 Å². The fourth-order valence-corrected chi connectivity index (χ4v) is 2.98. The van der Waals surface area contributed by atoms with Gasteiger partial charge in [0, 0.05) is 21.9 Å². The van der Waals surface area contributed by atoms with Crippen molar-refractivity contribution in [2.75, 3.05) is 7.11 Å². The first-order valence-corrected chi connectivity index (χ1v) is 7.20. The number of non-ortho nitro benzene ring substituents is 1. The summed E-state index contributed by atoms with van der Waals surface area (Å²) in [5.41, 5.74) is 0.816. The Balaban J connectivity index is 2.40. The van der Waals surface area contributed by atoms with E-state index >= 15 is 0 Å². The van der Waals surface area contributed by atoms with Crippen molar-refractivity contribution in [3.05, 3.63) is 57.6 Å². The number of aromatic nitrogens is 1. The molecule has 0 saturated heterocycles. The Hall–Kier alpha value is -2.80. The van der Waals surface area contributed by atoms with E-state index in [4.69, 9.17) is 0 Å². The van der Waals surface area contributed by atoms with Crippen LogP contribution in [0, 0.1) is 10.1 Å². The number of rotatable bonds is 3. The number of fused-ring (bicyclic) bond motifs is 1. The maximum atomic E-state index is 11.8. The molecule has 7 heteroatoms. The third kappa shape index (κ3) is 2.31.